The van der Waals surface area contributed by atoms with E-state index >= 15 is 0 Å². The topological polar surface area (TPSA) is 12.0 Å². The lowest BCUT2D eigenvalue weighted by molar-refractivity contribution is 0.543. The summed E-state index contributed by atoms with van der Waals surface area (Å²) in [7, 11) is 0. The fourth-order valence-corrected chi connectivity index (χ4v) is 3.18. The lowest BCUT2D eigenvalue weighted by Crippen LogP contribution is -2.20. The van der Waals surface area contributed by atoms with Gasteiger partial charge in [0.2, 0.25) is 0 Å². The van der Waals surface area contributed by atoms with Crippen molar-refractivity contribution in [3.05, 3.63) is 59.7 Å². The van der Waals surface area contributed by atoms with Crippen LogP contribution in [0.15, 0.2) is 52.3 Å². The van der Waals surface area contributed by atoms with Gasteiger partial charge in [-0.05, 0) is 49.7 Å². The molecule has 0 radical (unpaired) electrons. The number of nitrogens with one attached hydrogen (secondary N) is 1. The van der Waals surface area contributed by atoms with Crippen LogP contribution in [0.2, 0.25) is 0 Å². The van der Waals surface area contributed by atoms with Gasteiger partial charge in [0.1, 0.15) is 11.6 Å². The van der Waals surface area contributed by atoms with Crippen LogP contribution >= 0.6 is 11.8 Å². The van der Waals surface area contributed by atoms with Crippen molar-refractivity contribution in [2.45, 2.75) is 36.1 Å². The van der Waals surface area contributed by atoms with Crippen molar-refractivity contribution in [3.63, 3.8) is 0 Å². The van der Waals surface area contributed by atoms with Crippen molar-refractivity contribution in [2.24, 2.45) is 0 Å². The van der Waals surface area contributed by atoms with Crippen LogP contribution in [0.1, 0.15) is 31.9 Å². The maximum Gasteiger partial charge on any atom is 0.137 e. The molecule has 0 bridgehead atoms. The second kappa shape index (κ2) is 7.57. The van der Waals surface area contributed by atoms with Crippen LogP contribution in [0.3, 0.4) is 0 Å². The monoisotopic (exact) mass is 307 g/mol. The number of halogens is 2. The largest absolute Gasteiger partial charge is 0.310 e. The van der Waals surface area contributed by atoms with Crippen molar-refractivity contribution < 1.29 is 8.78 Å². The summed E-state index contributed by atoms with van der Waals surface area (Å²) in [6.45, 7) is 4.98. The molecule has 112 valence electrons. The van der Waals surface area contributed by atoms with Crippen LogP contribution in [0, 0.1) is 11.6 Å². The van der Waals surface area contributed by atoms with Gasteiger partial charge < -0.3 is 5.32 Å². The summed E-state index contributed by atoms with van der Waals surface area (Å²) in [5.74, 6) is -0.582. The van der Waals surface area contributed by atoms with E-state index in [1.165, 1.54) is 30.0 Å². The van der Waals surface area contributed by atoms with Crippen molar-refractivity contribution in [3.8, 4) is 0 Å². The molecular formula is C17H19F2NS. The number of hydrogen-bond donors (Lipinski definition) is 1. The second-order valence-electron chi connectivity index (χ2n) is 4.89. The van der Waals surface area contributed by atoms with E-state index in [-0.39, 0.29) is 17.7 Å². The summed E-state index contributed by atoms with van der Waals surface area (Å²) >= 11 is 1.26. The molecule has 1 nitrogen and oxygen atoms in total. The van der Waals surface area contributed by atoms with Crippen molar-refractivity contribution in [2.75, 3.05) is 6.54 Å². The molecule has 0 amide bonds. The molecule has 0 spiro atoms. The highest BCUT2D eigenvalue weighted by atomic mass is 32.2. The average Bonchev–Trinajstić information content (AvgIpc) is 2.47. The Bertz CT molecular complexity index is 601. The van der Waals surface area contributed by atoms with E-state index in [0.717, 1.165) is 18.5 Å². The van der Waals surface area contributed by atoms with Crippen molar-refractivity contribution in [1.82, 2.24) is 5.32 Å². The average molecular weight is 307 g/mol. The van der Waals surface area contributed by atoms with E-state index in [1.807, 2.05) is 13.0 Å². The molecule has 1 unspecified atom stereocenters. The van der Waals surface area contributed by atoms with Crippen LogP contribution < -0.4 is 5.32 Å². The molecule has 0 aliphatic rings. The first kappa shape index (κ1) is 16.0. The molecule has 2 rings (SSSR count). The molecular weight excluding hydrogens is 288 g/mol. The molecule has 2 aromatic rings. The quantitative estimate of drug-likeness (QED) is 0.789. The molecule has 0 fully saturated rings. The number of rotatable bonds is 6. The van der Waals surface area contributed by atoms with Gasteiger partial charge in [0.05, 0.1) is 4.90 Å². The smallest absolute Gasteiger partial charge is 0.137 e. The third-order valence-electron chi connectivity index (χ3n) is 3.18. The molecule has 0 saturated heterocycles. The maximum atomic E-state index is 14.2. The Labute approximate surface area is 128 Å². The molecule has 4 heteroatoms. The van der Waals surface area contributed by atoms with E-state index in [2.05, 4.69) is 12.2 Å². The van der Waals surface area contributed by atoms with Gasteiger partial charge in [-0.25, -0.2) is 8.78 Å². The van der Waals surface area contributed by atoms with E-state index in [0.29, 0.717) is 9.79 Å². The Hall–Kier alpha value is -1.39. The zero-order valence-electron chi connectivity index (χ0n) is 12.2. The molecule has 21 heavy (non-hydrogen) atoms. The highest BCUT2D eigenvalue weighted by Crippen LogP contribution is 2.35. The van der Waals surface area contributed by atoms with Gasteiger partial charge in [-0.3, -0.25) is 0 Å². The van der Waals surface area contributed by atoms with Gasteiger partial charge in [0, 0.05) is 10.9 Å². The Morgan fingerprint density at radius 3 is 2.62 bits per heavy atom. The van der Waals surface area contributed by atoms with Gasteiger partial charge >= 0.3 is 0 Å². The van der Waals surface area contributed by atoms with Gasteiger partial charge in [-0.1, -0.05) is 36.9 Å². The van der Waals surface area contributed by atoms with Crippen molar-refractivity contribution >= 4 is 11.8 Å². The molecule has 1 N–H and O–H groups in total. The molecule has 0 aromatic heterocycles. The van der Waals surface area contributed by atoms with E-state index in [1.54, 1.807) is 18.2 Å². The minimum atomic E-state index is -0.310. The van der Waals surface area contributed by atoms with Crippen LogP contribution in [0.25, 0.3) is 0 Å². The fraction of sp³-hybridized carbons (Fsp3) is 0.294. The zero-order valence-corrected chi connectivity index (χ0v) is 13.0. The lowest BCUT2D eigenvalue weighted by Gasteiger charge is -2.18. The van der Waals surface area contributed by atoms with Gasteiger partial charge in [0.15, 0.2) is 0 Å². The minimum absolute atomic E-state index is 0.0525. The standard InChI is InChI=1S/C17H19F2NS/c1-3-10-20-12(2)15-8-5-9-16(19)17(15)21-14-7-4-6-13(18)11-14/h4-9,11-12,20H,3,10H2,1-2H3. The van der Waals surface area contributed by atoms with E-state index in [4.69, 9.17) is 0 Å². The summed E-state index contributed by atoms with van der Waals surface area (Å²) in [5, 5.41) is 3.36. The first-order valence-corrected chi connectivity index (χ1v) is 7.88. The molecule has 0 aliphatic heterocycles. The second-order valence-corrected chi connectivity index (χ2v) is 5.98. The predicted molar refractivity (Wildman–Crippen MR) is 83.6 cm³/mol. The molecule has 0 saturated carbocycles. The summed E-state index contributed by atoms with van der Waals surface area (Å²) in [5.41, 5.74) is 0.901. The molecule has 0 aliphatic carbocycles. The van der Waals surface area contributed by atoms with Gasteiger partial charge in [-0.15, -0.1) is 0 Å². The Kier molecular flexibility index (Phi) is 5.76. The van der Waals surface area contributed by atoms with E-state index in [9.17, 15) is 8.78 Å². The minimum Gasteiger partial charge on any atom is -0.310 e. The summed E-state index contributed by atoms with van der Waals surface area (Å²) in [4.78, 5) is 1.25. The Balaban J connectivity index is 2.29. The van der Waals surface area contributed by atoms with E-state index < -0.39 is 0 Å². The summed E-state index contributed by atoms with van der Waals surface area (Å²) in [6, 6.07) is 11.4. The first-order chi connectivity index (χ1) is 10.1. The van der Waals surface area contributed by atoms with Gasteiger partial charge in [0.25, 0.3) is 0 Å². The zero-order chi connectivity index (χ0) is 15.2. The lowest BCUT2D eigenvalue weighted by atomic mass is 10.1. The first-order valence-electron chi connectivity index (χ1n) is 7.07. The van der Waals surface area contributed by atoms with Crippen LogP contribution in [-0.4, -0.2) is 6.54 Å². The number of hydrogen-bond acceptors (Lipinski definition) is 2. The normalized spacial score (nSPS) is 12.4. The Morgan fingerprint density at radius 2 is 1.90 bits per heavy atom. The summed E-state index contributed by atoms with van der Waals surface area (Å²) < 4.78 is 27.5. The van der Waals surface area contributed by atoms with Crippen LogP contribution in [0.5, 0.6) is 0 Å². The van der Waals surface area contributed by atoms with Crippen molar-refractivity contribution in [1.29, 1.82) is 0 Å². The predicted octanol–water partition coefficient (Wildman–Crippen LogP) is 5.18. The van der Waals surface area contributed by atoms with Crippen LogP contribution in [0.4, 0.5) is 8.78 Å². The Morgan fingerprint density at radius 1 is 1.14 bits per heavy atom. The third-order valence-corrected chi connectivity index (χ3v) is 4.30. The molecule has 2 aromatic carbocycles. The maximum absolute atomic E-state index is 14.2. The highest BCUT2D eigenvalue weighted by Gasteiger charge is 2.15. The van der Waals surface area contributed by atoms with Gasteiger partial charge in [-0.2, -0.15) is 0 Å². The highest BCUT2D eigenvalue weighted by molar-refractivity contribution is 7.99. The summed E-state index contributed by atoms with van der Waals surface area (Å²) in [6.07, 6.45) is 1.02. The van der Waals surface area contributed by atoms with Crippen LogP contribution in [-0.2, 0) is 0 Å². The fourth-order valence-electron chi connectivity index (χ4n) is 2.09. The number of benzene rings is 2. The molecule has 1 atom stereocenters. The third kappa shape index (κ3) is 4.29. The SMILES string of the molecule is CCCNC(C)c1cccc(F)c1Sc1cccc(F)c1. The molecule has 0 heterocycles.